The Bertz CT molecular complexity index is 777. The summed E-state index contributed by atoms with van der Waals surface area (Å²) in [5.41, 5.74) is 0.885. The molecule has 1 heterocycles. The van der Waals surface area contributed by atoms with Gasteiger partial charge < -0.3 is 9.64 Å². The number of halogens is 3. The monoisotopic (exact) mass is 451 g/mol. The van der Waals surface area contributed by atoms with E-state index >= 15 is 0 Å². The van der Waals surface area contributed by atoms with Crippen LogP contribution in [-0.2, 0) is 26.0 Å². The average Bonchev–Trinajstić information content (AvgIpc) is 2.71. The van der Waals surface area contributed by atoms with Crippen LogP contribution in [0.25, 0.3) is 0 Å². The van der Waals surface area contributed by atoms with Gasteiger partial charge in [-0.2, -0.15) is 13.2 Å². The van der Waals surface area contributed by atoms with Crippen molar-refractivity contribution in [2.75, 3.05) is 53.0 Å². The molecule has 7 nitrogen and oxygen atoms in total. The predicted molar refractivity (Wildman–Crippen MR) is 106 cm³/mol. The van der Waals surface area contributed by atoms with E-state index in [9.17, 15) is 26.4 Å². The van der Waals surface area contributed by atoms with Gasteiger partial charge in [-0.25, -0.2) is 13.1 Å². The number of sulfonamides is 1. The molecule has 0 saturated carbocycles. The van der Waals surface area contributed by atoms with Crippen LogP contribution in [0.15, 0.2) is 29.2 Å². The van der Waals surface area contributed by atoms with Crippen LogP contribution in [0.1, 0.15) is 18.4 Å². The Morgan fingerprint density at radius 2 is 1.77 bits per heavy atom. The number of alkyl halides is 3. The summed E-state index contributed by atoms with van der Waals surface area (Å²) in [5, 5.41) is 0. The van der Waals surface area contributed by atoms with E-state index in [-0.39, 0.29) is 17.4 Å². The molecule has 1 aliphatic rings. The quantitative estimate of drug-likeness (QED) is 0.548. The number of nitrogens with one attached hydrogen (secondary N) is 1. The molecule has 1 fully saturated rings. The Balaban J connectivity index is 1.66. The number of benzene rings is 1. The van der Waals surface area contributed by atoms with Crippen molar-refractivity contribution in [3.05, 3.63) is 29.8 Å². The fraction of sp³-hybridized carbons (Fsp3) is 0.632. The van der Waals surface area contributed by atoms with E-state index in [1.54, 1.807) is 17.0 Å². The van der Waals surface area contributed by atoms with Crippen LogP contribution in [0, 0.1) is 0 Å². The van der Waals surface area contributed by atoms with Gasteiger partial charge in [-0.15, -0.1) is 0 Å². The molecule has 0 atom stereocenters. The zero-order valence-electron chi connectivity index (χ0n) is 17.0. The second-order valence-corrected chi connectivity index (χ2v) is 8.98. The molecule has 0 aliphatic carbocycles. The first-order valence-corrected chi connectivity index (χ1v) is 11.3. The minimum atomic E-state index is -4.29. The molecule has 1 saturated heterocycles. The second-order valence-electron chi connectivity index (χ2n) is 7.10. The average molecular weight is 452 g/mol. The summed E-state index contributed by atoms with van der Waals surface area (Å²) in [4.78, 5) is 16.5. The van der Waals surface area contributed by atoms with E-state index in [1.807, 2.05) is 0 Å². The minimum Gasteiger partial charge on any atom is -0.372 e. The van der Waals surface area contributed by atoms with Crippen molar-refractivity contribution in [2.24, 2.45) is 0 Å². The summed E-state index contributed by atoms with van der Waals surface area (Å²) in [7, 11) is -2.12. The molecule has 11 heteroatoms. The standard InChI is InChI=1S/C19H28F3N3O4S/c1-23-30(27,28)17-6-3-16(4-7-17)5-8-18(26)25-12-10-24(11-13-25)9-2-14-29-15-19(20,21)22/h3-4,6-7,23H,2,5,8-15H2,1H3. The van der Waals surface area contributed by atoms with Crippen molar-refractivity contribution in [1.29, 1.82) is 0 Å². The van der Waals surface area contributed by atoms with E-state index in [1.165, 1.54) is 19.2 Å². The van der Waals surface area contributed by atoms with Crippen LogP contribution in [-0.4, -0.2) is 83.3 Å². The number of aryl methyl sites for hydroxylation is 1. The number of hydrogen-bond donors (Lipinski definition) is 1. The van der Waals surface area contributed by atoms with E-state index in [2.05, 4.69) is 14.4 Å². The molecular weight excluding hydrogens is 423 g/mol. The van der Waals surface area contributed by atoms with Gasteiger partial charge in [-0.1, -0.05) is 12.1 Å². The van der Waals surface area contributed by atoms with Crippen molar-refractivity contribution in [3.63, 3.8) is 0 Å². The van der Waals surface area contributed by atoms with Crippen LogP contribution < -0.4 is 4.72 Å². The Morgan fingerprint density at radius 1 is 1.13 bits per heavy atom. The van der Waals surface area contributed by atoms with Crippen molar-refractivity contribution in [3.8, 4) is 0 Å². The lowest BCUT2D eigenvalue weighted by Crippen LogP contribution is -2.49. The number of carbonyl (C=O) groups is 1. The molecule has 0 spiro atoms. The van der Waals surface area contributed by atoms with Crippen LogP contribution >= 0.6 is 0 Å². The molecule has 0 bridgehead atoms. The maximum atomic E-state index is 12.4. The van der Waals surface area contributed by atoms with Gasteiger partial charge in [0, 0.05) is 45.8 Å². The molecule has 1 aromatic rings. The van der Waals surface area contributed by atoms with Crippen molar-refractivity contribution in [2.45, 2.75) is 30.3 Å². The summed E-state index contributed by atoms with van der Waals surface area (Å²) in [5.74, 6) is 0.0371. The minimum absolute atomic E-state index is 0.0371. The fourth-order valence-electron chi connectivity index (χ4n) is 3.16. The third kappa shape index (κ3) is 8.21. The van der Waals surface area contributed by atoms with E-state index in [0.29, 0.717) is 52.0 Å². The number of nitrogens with zero attached hydrogens (tertiary/aromatic N) is 2. The molecule has 170 valence electrons. The number of amides is 1. The highest BCUT2D eigenvalue weighted by Gasteiger charge is 2.27. The zero-order valence-corrected chi connectivity index (χ0v) is 17.8. The van der Waals surface area contributed by atoms with Crippen molar-refractivity contribution >= 4 is 15.9 Å². The Morgan fingerprint density at radius 3 is 2.33 bits per heavy atom. The molecular formula is C19H28F3N3O4S. The van der Waals surface area contributed by atoms with Gasteiger partial charge in [-0.3, -0.25) is 9.69 Å². The molecule has 0 unspecified atom stereocenters. The smallest absolute Gasteiger partial charge is 0.372 e. The largest absolute Gasteiger partial charge is 0.411 e. The van der Waals surface area contributed by atoms with E-state index < -0.39 is 22.8 Å². The number of hydrogen-bond acceptors (Lipinski definition) is 5. The summed E-state index contributed by atoms with van der Waals surface area (Å²) in [6.07, 6.45) is -2.92. The first-order chi connectivity index (χ1) is 14.1. The van der Waals surface area contributed by atoms with Gasteiger partial charge >= 0.3 is 6.18 Å². The lowest BCUT2D eigenvalue weighted by Gasteiger charge is -2.34. The molecule has 1 aliphatic heterocycles. The lowest BCUT2D eigenvalue weighted by atomic mass is 10.1. The Hall–Kier alpha value is -1.69. The molecule has 30 heavy (non-hydrogen) atoms. The molecule has 1 N–H and O–H groups in total. The third-order valence-corrected chi connectivity index (χ3v) is 6.31. The van der Waals surface area contributed by atoms with Crippen molar-refractivity contribution in [1.82, 2.24) is 14.5 Å². The maximum Gasteiger partial charge on any atom is 0.411 e. The van der Waals surface area contributed by atoms with E-state index in [4.69, 9.17) is 0 Å². The van der Waals surface area contributed by atoms with E-state index in [0.717, 1.165) is 5.56 Å². The van der Waals surface area contributed by atoms with Gasteiger partial charge in [0.05, 0.1) is 4.90 Å². The molecule has 1 amide bonds. The zero-order chi connectivity index (χ0) is 22.2. The van der Waals surface area contributed by atoms with Gasteiger partial charge in [0.15, 0.2) is 0 Å². The topological polar surface area (TPSA) is 79.0 Å². The number of ether oxygens (including phenoxy) is 1. The normalized spacial score (nSPS) is 16.1. The lowest BCUT2D eigenvalue weighted by molar-refractivity contribution is -0.174. The van der Waals surface area contributed by atoms with Crippen LogP contribution in [0.3, 0.4) is 0 Å². The SMILES string of the molecule is CNS(=O)(=O)c1ccc(CCC(=O)N2CCN(CCCOCC(F)(F)F)CC2)cc1. The summed E-state index contributed by atoms with van der Waals surface area (Å²) in [6.45, 7) is 2.02. The maximum absolute atomic E-state index is 12.4. The fourth-order valence-corrected chi connectivity index (χ4v) is 3.89. The summed E-state index contributed by atoms with van der Waals surface area (Å²) >= 11 is 0. The van der Waals surface area contributed by atoms with Gasteiger partial charge in [-0.05, 0) is 37.6 Å². The second kappa shape index (κ2) is 11.1. The molecule has 1 aromatic carbocycles. The predicted octanol–water partition coefficient (Wildman–Crippen LogP) is 1.64. The summed E-state index contributed by atoms with van der Waals surface area (Å²) in [6, 6.07) is 6.44. The highest BCUT2D eigenvalue weighted by atomic mass is 32.2. The first-order valence-electron chi connectivity index (χ1n) is 9.78. The van der Waals surface area contributed by atoms with Crippen LogP contribution in [0.5, 0.6) is 0 Å². The van der Waals surface area contributed by atoms with Gasteiger partial charge in [0.2, 0.25) is 15.9 Å². The Labute approximate surface area is 175 Å². The highest BCUT2D eigenvalue weighted by molar-refractivity contribution is 7.89. The van der Waals surface area contributed by atoms with Crippen LogP contribution in [0.2, 0.25) is 0 Å². The first kappa shape index (κ1) is 24.6. The van der Waals surface area contributed by atoms with Gasteiger partial charge in [0.25, 0.3) is 0 Å². The molecule has 0 aromatic heterocycles. The highest BCUT2D eigenvalue weighted by Crippen LogP contribution is 2.15. The molecule has 2 rings (SSSR count). The number of rotatable bonds is 10. The Kier molecular flexibility index (Phi) is 9.08. The van der Waals surface area contributed by atoms with Gasteiger partial charge in [0.1, 0.15) is 6.61 Å². The van der Waals surface area contributed by atoms with Crippen LogP contribution in [0.4, 0.5) is 13.2 Å². The number of piperazine rings is 1. The summed E-state index contributed by atoms with van der Waals surface area (Å²) < 4.78 is 66.3. The number of carbonyl (C=O) groups excluding carboxylic acids is 1. The molecule has 0 radical (unpaired) electrons. The van der Waals surface area contributed by atoms with Crippen molar-refractivity contribution < 1.29 is 31.1 Å². The third-order valence-electron chi connectivity index (χ3n) is 4.88.